The van der Waals surface area contributed by atoms with Crippen molar-refractivity contribution < 1.29 is 85.7 Å². The first-order chi connectivity index (χ1) is 30.6. The number of allylic oxidation sites excluding steroid dienone is 6. The van der Waals surface area contributed by atoms with E-state index >= 15 is 0 Å². The number of carboxylic acids is 6. The Bertz CT molecular complexity index is 2290. The molecule has 0 aliphatic carbocycles. The van der Waals surface area contributed by atoms with Gasteiger partial charge in [0, 0.05) is 82.5 Å². The third-order valence-corrected chi connectivity index (χ3v) is 15.4. The molecule has 8 bridgehead atoms. The summed E-state index contributed by atoms with van der Waals surface area (Å²) >= 11 is 0. The number of rotatable bonds is 18. The fourth-order valence-electron chi connectivity index (χ4n) is 11.7. The first kappa shape index (κ1) is 55.6. The van der Waals surface area contributed by atoms with E-state index in [1.54, 1.807) is 47.6 Å². The third-order valence-electron chi connectivity index (χ3n) is 15.4. The van der Waals surface area contributed by atoms with Crippen LogP contribution in [0, 0.1) is 57.2 Å². The van der Waals surface area contributed by atoms with Gasteiger partial charge in [0.15, 0.2) is 0 Å². The number of ether oxygens (including phenoxy) is 1. The largest absolute Gasteiger partial charge is 2.00 e. The van der Waals surface area contributed by atoms with Crippen molar-refractivity contribution in [1.29, 1.82) is 5.26 Å². The second-order valence-corrected chi connectivity index (χ2v) is 19.6. The van der Waals surface area contributed by atoms with E-state index in [4.69, 9.17) is 36.9 Å². The fourth-order valence-corrected chi connectivity index (χ4v) is 11.7. The summed E-state index contributed by atoms with van der Waals surface area (Å²) < 4.78 is 5.24. The summed E-state index contributed by atoms with van der Waals surface area (Å²) in [5.41, 5.74) is -3.58. The van der Waals surface area contributed by atoms with Crippen LogP contribution in [0.15, 0.2) is 49.3 Å². The quantitative estimate of drug-likeness (QED) is 0.0352. The molecule has 0 aromatic rings. The molecule has 0 aromatic carbocycles. The average Bonchev–Trinajstić information content (AvgIpc) is 3.82. The number of nitrogens with zero attached hydrogens (tertiary/aromatic N) is 5. The molecule has 0 saturated carbocycles. The maximum Gasteiger partial charge on any atom is 2.00 e. The number of carbonyl (C=O) groups is 7. The van der Waals surface area contributed by atoms with E-state index in [-0.39, 0.29) is 80.3 Å². The summed E-state index contributed by atoms with van der Waals surface area (Å²) in [6.45, 7) is 18.9. The van der Waals surface area contributed by atoms with Crippen molar-refractivity contribution >= 4 is 58.9 Å². The molecule has 1 radical (unpaired) electrons. The number of esters is 1. The van der Waals surface area contributed by atoms with Crippen LogP contribution in [0.5, 0.6) is 0 Å². The first-order valence-electron chi connectivity index (χ1n) is 21.8. The van der Waals surface area contributed by atoms with E-state index in [1.807, 2.05) is 13.8 Å². The van der Waals surface area contributed by atoms with E-state index in [1.165, 1.54) is 7.11 Å². The molecule has 6 N–H and O–H groups in total. The van der Waals surface area contributed by atoms with Crippen LogP contribution < -0.4 is 0 Å². The third kappa shape index (κ3) is 10.3. The van der Waals surface area contributed by atoms with Crippen molar-refractivity contribution in [2.24, 2.45) is 60.3 Å². The topological polar surface area (TPSA) is 325 Å². The number of aliphatic imine (C=N–C) groups is 3. The van der Waals surface area contributed by atoms with E-state index < -0.39 is 112 Å². The molecule has 0 amide bonds. The van der Waals surface area contributed by atoms with Gasteiger partial charge in [0.05, 0.1) is 38.0 Å². The molecule has 67 heavy (non-hydrogen) atoms. The van der Waals surface area contributed by atoms with Gasteiger partial charge in [-0.15, -0.1) is 5.70 Å². The summed E-state index contributed by atoms with van der Waals surface area (Å²) in [7, 11) is 1.20. The van der Waals surface area contributed by atoms with Crippen molar-refractivity contribution in [3.63, 3.8) is 0 Å². The second-order valence-electron chi connectivity index (χ2n) is 19.6. The van der Waals surface area contributed by atoms with Crippen molar-refractivity contribution in [3.8, 4) is 0 Å². The van der Waals surface area contributed by atoms with Gasteiger partial charge in [0.25, 0.3) is 0 Å². The maximum atomic E-state index is 13.7. The molecule has 5 aliphatic heterocycles. The predicted octanol–water partition coefficient (Wildman–Crippen LogP) is 6.89. The predicted molar refractivity (Wildman–Crippen MR) is 237 cm³/mol. The molecule has 5 rings (SSSR count). The van der Waals surface area contributed by atoms with Gasteiger partial charge in [0.2, 0.25) is 0 Å². The van der Waals surface area contributed by atoms with Crippen LogP contribution in [0.1, 0.15) is 126 Å². The molecular weight excluding hydrogens is 950 g/mol. The second kappa shape index (κ2) is 20.7. The van der Waals surface area contributed by atoms with Crippen molar-refractivity contribution in [1.82, 2.24) is 0 Å². The van der Waals surface area contributed by atoms with Gasteiger partial charge in [-0.3, -0.25) is 48.5 Å². The number of carbonyl (C=O) groups excluding carboxylic acids is 1. The summed E-state index contributed by atoms with van der Waals surface area (Å²) in [6, 6.07) is -1.10. The molecular formula is C47H61CoN5O14. The van der Waals surface area contributed by atoms with Crippen LogP contribution >= 0.6 is 0 Å². The molecule has 0 aromatic heterocycles. The molecule has 0 unspecified atom stereocenters. The summed E-state index contributed by atoms with van der Waals surface area (Å²) in [6.07, 6.45) is -1.12. The monoisotopic (exact) mass is 1010 g/mol. The molecule has 19 nitrogen and oxygen atoms in total. The Labute approximate surface area is 399 Å². The number of methoxy groups -OCH3 is 1. The van der Waals surface area contributed by atoms with Crippen LogP contribution in [0.4, 0.5) is 0 Å². The molecule has 367 valence electrons. The number of fused-ring (bicyclic) bond motifs is 6. The van der Waals surface area contributed by atoms with E-state index in [9.17, 15) is 64.2 Å². The van der Waals surface area contributed by atoms with Crippen LogP contribution in [-0.2, 0) is 55.1 Å². The van der Waals surface area contributed by atoms with Crippen molar-refractivity contribution in [2.45, 2.75) is 138 Å². The molecule has 5 aliphatic rings. The Morgan fingerprint density at radius 1 is 0.746 bits per heavy atom. The Hall–Kier alpha value is -5.68. The van der Waals surface area contributed by atoms with Crippen LogP contribution in [0.25, 0.3) is 5.32 Å². The summed E-state index contributed by atoms with van der Waals surface area (Å²) in [4.78, 5) is 105. The van der Waals surface area contributed by atoms with E-state index in [0.29, 0.717) is 39.7 Å². The van der Waals surface area contributed by atoms with Gasteiger partial charge in [-0.05, 0) is 68.9 Å². The van der Waals surface area contributed by atoms with Gasteiger partial charge >= 0.3 is 58.6 Å². The van der Waals surface area contributed by atoms with Crippen molar-refractivity contribution in [3.05, 3.63) is 46.2 Å². The average molecular weight is 1010 g/mol. The molecule has 1 saturated heterocycles. The summed E-state index contributed by atoms with van der Waals surface area (Å²) in [5.74, 6) is -10.8. The van der Waals surface area contributed by atoms with E-state index in [0.717, 1.165) is 0 Å². The fraction of sp³-hybridized carbons (Fsp3) is 0.638. The van der Waals surface area contributed by atoms with Crippen LogP contribution in [0.2, 0.25) is 0 Å². The zero-order chi connectivity index (χ0) is 50.1. The van der Waals surface area contributed by atoms with Gasteiger partial charge in [-0.1, -0.05) is 40.7 Å². The number of hydrogen-bond acceptors (Lipinski definition) is 12. The van der Waals surface area contributed by atoms with Gasteiger partial charge in [-0.2, -0.15) is 5.70 Å². The number of aliphatic carboxylic acids is 6. The maximum absolute atomic E-state index is 13.7. The van der Waals surface area contributed by atoms with Gasteiger partial charge < -0.3 is 52.5 Å². The normalized spacial score (nSPS) is 34.2. The van der Waals surface area contributed by atoms with E-state index in [2.05, 4.69) is 0 Å². The van der Waals surface area contributed by atoms with Gasteiger partial charge in [-0.25, -0.2) is 0 Å². The molecule has 0 spiro atoms. The smallest absolute Gasteiger partial charge is 0.664 e. The number of hydrogen-bond donors (Lipinski definition) is 6. The SMILES string of the molecule is C[18O][13C](=O)C[C@@]1(C)[C@H](CC[13C](=[18O])[18OH])C2=N[C@@]1(C)[C@@H]1N=C(/C(C)=C3N=C(/C=C4\[N-]/C(=C\2C)[C@@](C)(C[13C](=[18O])[18OH])[C@@H]4CC[13C](=[18O])[18OH])C(C)(C)[C@@H]\3CC[13C](=[18O])[18OH])[C@](C)(CC[13C](=[18O])[18OH])[C@H]1C[13C](=[18O])[18OH].[C-]#N.[Co+2]. The Kier molecular flexibility index (Phi) is 17.2. The van der Waals surface area contributed by atoms with Crippen LogP contribution in [-0.4, -0.2) is 108 Å². The Morgan fingerprint density at radius 3 is 1.76 bits per heavy atom. The first-order valence-corrected chi connectivity index (χ1v) is 21.8. The number of carboxylic acid groups (broad SMARTS) is 6. The summed E-state index contributed by atoms with van der Waals surface area (Å²) in [5, 5.41) is 72.6. The minimum atomic E-state index is -1.56. The Balaban J connectivity index is 0.00000391. The van der Waals surface area contributed by atoms with Gasteiger partial charge in [0.1, 0.15) is 0 Å². The molecule has 20 heteroatoms. The minimum absolute atomic E-state index is 0. The zero-order valence-corrected chi connectivity index (χ0v) is 40.3. The van der Waals surface area contributed by atoms with Crippen LogP contribution in [0.3, 0.4) is 0 Å². The zero-order valence-electron chi connectivity index (χ0n) is 39.3. The minimum Gasteiger partial charge on any atom is -0.664 e. The molecule has 1 fully saturated rings. The van der Waals surface area contributed by atoms with Crippen molar-refractivity contribution in [2.75, 3.05) is 7.11 Å². The molecule has 5 heterocycles. The molecule has 9 atom stereocenters. The Morgan fingerprint density at radius 2 is 1.27 bits per heavy atom. The standard InChI is InChI=1S/C46H62N4O14.CN.Co/c1-22-37-25(11-14-31(53)54)42(3,4)29(48-37)19-28-24(10-13-30(51)52)44(6,20-35(61)62)40(47-28)23(2)38-26(12-15-32(55)56)45(7,21-36(63)64-9)46(8,50-38)41-27(18-34(59)60)43(5,39(22)49-41)17-16-33(57)58;1-2;/h19,24-27,41H,10-18,20-21H2,1-9H3,(H7,47,48,49,50,51,52,53,54,55,56,57,58,59,60,61,62);;/q;-1;+2/p-1/t24-,25-,26-,27+,41-,43-,44+,45+,46+;;/m1../s1/i30+1,31+1,32+1,33+1,34+1,35+1,36+1,51+2,52+2,53+2,54+2,55+2,56+2,57+2,58+2,59+2,60+2,61+2,62+2,64+2;;.